The van der Waals surface area contributed by atoms with Crippen molar-refractivity contribution >= 4 is 0 Å². The average molecular weight is 274 g/mol. The third-order valence-corrected chi connectivity index (χ3v) is 5.24. The summed E-state index contributed by atoms with van der Waals surface area (Å²) >= 11 is 0. The molecule has 0 saturated heterocycles. The Kier molecular flexibility index (Phi) is 3.53. The molecule has 1 N–H and O–H groups in total. The van der Waals surface area contributed by atoms with Gasteiger partial charge in [-0.05, 0) is 53.9 Å². The van der Waals surface area contributed by atoms with Gasteiger partial charge in [-0.15, -0.1) is 0 Å². The minimum Gasteiger partial charge on any atom is -0.493 e. The molecule has 0 bridgehead atoms. The fraction of sp³-hybridized carbons (Fsp3) is 0.667. The molecule has 1 aromatic rings. The standard InChI is InChI=1S/C18H26O2/c1-12(2)16-6-4-13(3)11-18(16,19)15-5-7-17-14(10-15)8-9-20-17/h5,7,10,12-13,16,19H,4,6,8-9,11H2,1-3H3. The van der Waals surface area contributed by atoms with Crippen molar-refractivity contribution in [3.05, 3.63) is 29.3 Å². The van der Waals surface area contributed by atoms with E-state index < -0.39 is 5.60 Å². The SMILES string of the molecule is CC1CCC(C(C)C)C(O)(c2ccc3c(c2)CCO3)C1. The summed E-state index contributed by atoms with van der Waals surface area (Å²) in [5.41, 5.74) is 1.70. The highest BCUT2D eigenvalue weighted by Crippen LogP contribution is 2.48. The molecule has 1 aliphatic heterocycles. The second-order valence-electron chi connectivity index (χ2n) is 7.08. The summed E-state index contributed by atoms with van der Waals surface area (Å²) in [6.07, 6.45) is 4.22. The first-order chi connectivity index (χ1) is 9.50. The maximum atomic E-state index is 11.4. The van der Waals surface area contributed by atoms with Crippen LogP contribution in [0.15, 0.2) is 18.2 Å². The Morgan fingerprint density at radius 2 is 2.10 bits per heavy atom. The second-order valence-corrected chi connectivity index (χ2v) is 7.08. The maximum absolute atomic E-state index is 11.4. The van der Waals surface area contributed by atoms with Gasteiger partial charge < -0.3 is 9.84 Å². The summed E-state index contributed by atoms with van der Waals surface area (Å²) in [6, 6.07) is 6.32. The zero-order chi connectivity index (χ0) is 14.3. The van der Waals surface area contributed by atoms with Crippen molar-refractivity contribution in [3.8, 4) is 5.75 Å². The molecular formula is C18H26O2. The molecule has 1 aliphatic carbocycles. The number of aliphatic hydroxyl groups is 1. The van der Waals surface area contributed by atoms with Gasteiger partial charge in [-0.1, -0.05) is 33.3 Å². The van der Waals surface area contributed by atoms with E-state index in [0.717, 1.165) is 37.2 Å². The molecule has 2 nitrogen and oxygen atoms in total. The first kappa shape index (κ1) is 13.9. The summed E-state index contributed by atoms with van der Waals surface area (Å²) in [5, 5.41) is 11.4. The first-order valence-electron chi connectivity index (χ1n) is 7.99. The lowest BCUT2D eigenvalue weighted by atomic mass is 9.64. The largest absolute Gasteiger partial charge is 0.493 e. The lowest BCUT2D eigenvalue weighted by molar-refractivity contribution is -0.0866. The van der Waals surface area contributed by atoms with E-state index in [0.29, 0.717) is 17.8 Å². The Morgan fingerprint density at radius 1 is 1.30 bits per heavy atom. The van der Waals surface area contributed by atoms with Crippen molar-refractivity contribution in [2.75, 3.05) is 6.61 Å². The van der Waals surface area contributed by atoms with E-state index in [2.05, 4.69) is 32.9 Å². The molecule has 3 unspecified atom stereocenters. The molecule has 3 rings (SSSR count). The Balaban J connectivity index is 1.99. The molecule has 1 aromatic carbocycles. The fourth-order valence-electron chi connectivity index (χ4n) is 4.16. The summed E-state index contributed by atoms with van der Waals surface area (Å²) in [6.45, 7) is 7.52. The van der Waals surface area contributed by atoms with E-state index in [1.165, 1.54) is 12.0 Å². The molecule has 1 saturated carbocycles. The first-order valence-corrected chi connectivity index (χ1v) is 7.99. The van der Waals surface area contributed by atoms with Gasteiger partial charge in [0.15, 0.2) is 0 Å². The third-order valence-electron chi connectivity index (χ3n) is 5.24. The second kappa shape index (κ2) is 5.07. The van der Waals surface area contributed by atoms with Crippen molar-refractivity contribution in [1.82, 2.24) is 0 Å². The van der Waals surface area contributed by atoms with Crippen LogP contribution in [0.2, 0.25) is 0 Å². The van der Waals surface area contributed by atoms with E-state index in [-0.39, 0.29) is 0 Å². The Hall–Kier alpha value is -1.02. The minimum atomic E-state index is -0.663. The predicted octanol–water partition coefficient (Wildman–Crippen LogP) is 3.90. The molecule has 1 fully saturated rings. The van der Waals surface area contributed by atoms with Gasteiger partial charge in [0.2, 0.25) is 0 Å². The van der Waals surface area contributed by atoms with E-state index in [1.54, 1.807) is 0 Å². The molecule has 0 radical (unpaired) electrons. The molecule has 0 spiro atoms. The van der Waals surface area contributed by atoms with Crippen molar-refractivity contribution < 1.29 is 9.84 Å². The van der Waals surface area contributed by atoms with Crippen LogP contribution in [0.5, 0.6) is 5.75 Å². The van der Waals surface area contributed by atoms with Crippen molar-refractivity contribution in [2.24, 2.45) is 17.8 Å². The summed E-state index contributed by atoms with van der Waals surface area (Å²) in [4.78, 5) is 0. The molecule has 110 valence electrons. The molecule has 20 heavy (non-hydrogen) atoms. The van der Waals surface area contributed by atoms with Crippen LogP contribution >= 0.6 is 0 Å². The predicted molar refractivity (Wildman–Crippen MR) is 80.9 cm³/mol. The lowest BCUT2D eigenvalue weighted by Gasteiger charge is -2.45. The van der Waals surface area contributed by atoms with Crippen LogP contribution in [0.25, 0.3) is 0 Å². The summed E-state index contributed by atoms with van der Waals surface area (Å²) < 4.78 is 5.59. The molecule has 0 aromatic heterocycles. The zero-order valence-corrected chi connectivity index (χ0v) is 12.9. The quantitative estimate of drug-likeness (QED) is 0.886. The fourth-order valence-corrected chi connectivity index (χ4v) is 4.16. The molecule has 2 heteroatoms. The van der Waals surface area contributed by atoms with Crippen molar-refractivity contribution in [2.45, 2.75) is 52.1 Å². The van der Waals surface area contributed by atoms with Crippen LogP contribution in [-0.2, 0) is 12.0 Å². The Bertz CT molecular complexity index is 494. The van der Waals surface area contributed by atoms with E-state index in [9.17, 15) is 5.11 Å². The van der Waals surface area contributed by atoms with Crippen LogP contribution in [0.4, 0.5) is 0 Å². The van der Waals surface area contributed by atoms with Crippen LogP contribution in [0, 0.1) is 17.8 Å². The summed E-state index contributed by atoms with van der Waals surface area (Å²) in [7, 11) is 0. The number of rotatable bonds is 2. The van der Waals surface area contributed by atoms with Gasteiger partial charge in [-0.3, -0.25) is 0 Å². The van der Waals surface area contributed by atoms with Gasteiger partial charge in [0.25, 0.3) is 0 Å². The number of hydrogen-bond donors (Lipinski definition) is 1. The van der Waals surface area contributed by atoms with Gasteiger partial charge >= 0.3 is 0 Å². The highest BCUT2D eigenvalue weighted by Gasteiger charge is 2.44. The van der Waals surface area contributed by atoms with Gasteiger partial charge in [0, 0.05) is 6.42 Å². The Labute approximate surface area is 122 Å². The maximum Gasteiger partial charge on any atom is 0.122 e. The summed E-state index contributed by atoms with van der Waals surface area (Å²) in [5.74, 6) is 2.47. The monoisotopic (exact) mass is 274 g/mol. The van der Waals surface area contributed by atoms with Gasteiger partial charge in [0.05, 0.1) is 12.2 Å². The molecule has 2 aliphatic rings. The smallest absolute Gasteiger partial charge is 0.122 e. The van der Waals surface area contributed by atoms with Gasteiger partial charge in [-0.2, -0.15) is 0 Å². The highest BCUT2D eigenvalue weighted by molar-refractivity contribution is 5.42. The Morgan fingerprint density at radius 3 is 2.85 bits per heavy atom. The third kappa shape index (κ3) is 2.24. The molecule has 0 amide bonds. The normalized spacial score (nSPS) is 33.0. The average Bonchev–Trinajstić information content (AvgIpc) is 2.85. The van der Waals surface area contributed by atoms with Gasteiger partial charge in [0.1, 0.15) is 5.75 Å². The number of ether oxygens (including phenoxy) is 1. The molecular weight excluding hydrogens is 248 g/mol. The van der Waals surface area contributed by atoms with E-state index >= 15 is 0 Å². The van der Waals surface area contributed by atoms with Crippen LogP contribution in [0.3, 0.4) is 0 Å². The highest BCUT2D eigenvalue weighted by atomic mass is 16.5. The lowest BCUT2D eigenvalue weighted by Crippen LogP contribution is -2.43. The van der Waals surface area contributed by atoms with Crippen molar-refractivity contribution in [3.63, 3.8) is 0 Å². The zero-order valence-electron chi connectivity index (χ0n) is 12.9. The topological polar surface area (TPSA) is 29.5 Å². The molecule has 3 atom stereocenters. The van der Waals surface area contributed by atoms with Crippen LogP contribution in [-0.4, -0.2) is 11.7 Å². The number of benzene rings is 1. The molecule has 1 heterocycles. The number of fused-ring (bicyclic) bond motifs is 1. The van der Waals surface area contributed by atoms with Crippen LogP contribution < -0.4 is 4.74 Å². The number of hydrogen-bond acceptors (Lipinski definition) is 2. The van der Waals surface area contributed by atoms with E-state index in [4.69, 9.17) is 4.74 Å². The van der Waals surface area contributed by atoms with Crippen LogP contribution in [0.1, 0.15) is 51.2 Å². The minimum absolute atomic E-state index is 0.360. The van der Waals surface area contributed by atoms with Crippen molar-refractivity contribution in [1.29, 1.82) is 0 Å². The van der Waals surface area contributed by atoms with Gasteiger partial charge in [-0.25, -0.2) is 0 Å². The van der Waals surface area contributed by atoms with E-state index in [1.807, 2.05) is 6.07 Å².